The minimum absolute atomic E-state index is 0. The zero-order chi connectivity index (χ0) is 16.1. The molecule has 0 saturated heterocycles. The van der Waals surface area contributed by atoms with E-state index in [4.69, 9.17) is 0 Å². The average Bonchev–Trinajstić information content (AvgIpc) is 3.10. The Kier molecular flexibility index (Phi) is 8.63. The maximum absolute atomic E-state index is 4.39. The maximum atomic E-state index is 4.39. The van der Waals surface area contributed by atoms with Crippen molar-refractivity contribution >= 4 is 57.2 Å². The van der Waals surface area contributed by atoms with Gasteiger partial charge in [-0.2, -0.15) is 11.3 Å². The zero-order valence-corrected chi connectivity index (χ0v) is 18.6. The molecule has 0 aromatic carbocycles. The lowest BCUT2D eigenvalue weighted by molar-refractivity contribution is 0.459. The molecule has 0 fully saturated rings. The second-order valence-corrected chi connectivity index (χ2v) is 7.20. The molecular weight excluding hydrogens is 487 g/mol. The van der Waals surface area contributed by atoms with Crippen LogP contribution in [0.3, 0.4) is 0 Å². The molecule has 7 heteroatoms. The number of hydrogen-bond acceptors (Lipinski definition) is 2. The maximum Gasteiger partial charge on any atom is 0.193 e. The van der Waals surface area contributed by atoms with Crippen molar-refractivity contribution in [1.82, 2.24) is 14.8 Å². The summed E-state index contributed by atoms with van der Waals surface area (Å²) in [4.78, 5) is 6.53. The van der Waals surface area contributed by atoms with E-state index >= 15 is 0 Å². The first-order chi connectivity index (χ1) is 10.5. The molecule has 0 spiro atoms. The molecule has 0 saturated carbocycles. The number of hydrogen-bond donors (Lipinski definition) is 1. The monoisotopic (exact) mass is 510 g/mol. The molecule has 4 nitrogen and oxygen atoms in total. The summed E-state index contributed by atoms with van der Waals surface area (Å²) in [6.45, 7) is 3.93. The van der Waals surface area contributed by atoms with Crippen molar-refractivity contribution in [2.75, 3.05) is 20.6 Å². The topological polar surface area (TPSA) is 32.6 Å². The molecule has 0 radical (unpaired) electrons. The van der Waals surface area contributed by atoms with E-state index in [1.54, 1.807) is 11.3 Å². The van der Waals surface area contributed by atoms with Crippen LogP contribution in [-0.2, 0) is 13.6 Å². The van der Waals surface area contributed by atoms with Crippen molar-refractivity contribution in [2.45, 2.75) is 19.4 Å². The summed E-state index contributed by atoms with van der Waals surface area (Å²) in [5.41, 5.74) is 2.62. The molecule has 2 rings (SSSR count). The van der Waals surface area contributed by atoms with Gasteiger partial charge in [-0.15, -0.1) is 24.0 Å². The third-order valence-electron chi connectivity index (χ3n) is 3.73. The summed E-state index contributed by atoms with van der Waals surface area (Å²) in [6, 6.07) is 4.32. The number of nitrogens with one attached hydrogen (secondary N) is 1. The fourth-order valence-corrected chi connectivity index (χ4v) is 3.70. The minimum Gasteiger partial charge on any atom is -0.356 e. The van der Waals surface area contributed by atoms with E-state index in [-0.39, 0.29) is 24.0 Å². The summed E-state index contributed by atoms with van der Waals surface area (Å²) in [5, 5.41) is 7.80. The van der Waals surface area contributed by atoms with Crippen molar-refractivity contribution in [3.63, 3.8) is 0 Å². The smallest absolute Gasteiger partial charge is 0.193 e. The van der Waals surface area contributed by atoms with Gasteiger partial charge in [-0.05, 0) is 50.3 Å². The predicted molar refractivity (Wildman–Crippen MR) is 114 cm³/mol. The molecule has 1 unspecified atom stereocenters. The van der Waals surface area contributed by atoms with Gasteiger partial charge in [0, 0.05) is 44.1 Å². The largest absolute Gasteiger partial charge is 0.356 e. The molecule has 1 atom stereocenters. The van der Waals surface area contributed by atoms with E-state index in [0.29, 0.717) is 5.92 Å². The molecule has 2 aromatic heterocycles. The standard InChI is InChI=1S/C16H23BrN4S.HI/c1-12(13-5-6-22-11-13)8-19-16(18-2)21(4)10-15-7-14(17)9-20(15)3;/h5-7,9,11-12H,8,10H2,1-4H3,(H,18,19);1H. The first kappa shape index (κ1) is 20.5. The van der Waals surface area contributed by atoms with E-state index in [2.05, 4.69) is 85.8 Å². The van der Waals surface area contributed by atoms with Crippen LogP contribution in [0.5, 0.6) is 0 Å². The van der Waals surface area contributed by atoms with Gasteiger partial charge in [0.2, 0.25) is 0 Å². The van der Waals surface area contributed by atoms with Crippen LogP contribution in [0.2, 0.25) is 0 Å². The highest BCUT2D eigenvalue weighted by Gasteiger charge is 2.12. The van der Waals surface area contributed by atoms with Crippen molar-refractivity contribution in [1.29, 1.82) is 0 Å². The Balaban J connectivity index is 0.00000264. The van der Waals surface area contributed by atoms with Crippen molar-refractivity contribution in [3.8, 4) is 0 Å². The van der Waals surface area contributed by atoms with Crippen LogP contribution < -0.4 is 5.32 Å². The van der Waals surface area contributed by atoms with Gasteiger partial charge in [0.05, 0.1) is 6.54 Å². The highest BCUT2D eigenvalue weighted by Crippen LogP contribution is 2.17. The molecule has 0 aliphatic heterocycles. The first-order valence-electron chi connectivity index (χ1n) is 7.26. The van der Waals surface area contributed by atoms with Crippen LogP contribution in [-0.4, -0.2) is 36.1 Å². The molecule has 0 bridgehead atoms. The Morgan fingerprint density at radius 2 is 2.26 bits per heavy atom. The molecule has 0 aliphatic carbocycles. The van der Waals surface area contributed by atoms with Crippen LogP contribution in [0.15, 0.2) is 38.6 Å². The number of rotatable bonds is 5. The fraction of sp³-hybridized carbons (Fsp3) is 0.438. The molecule has 0 aliphatic rings. The summed E-state index contributed by atoms with van der Waals surface area (Å²) in [5.74, 6) is 1.39. The van der Waals surface area contributed by atoms with Crippen molar-refractivity contribution in [3.05, 3.63) is 44.8 Å². The molecule has 2 aromatic rings. The van der Waals surface area contributed by atoms with Gasteiger partial charge in [0.1, 0.15) is 0 Å². The van der Waals surface area contributed by atoms with Crippen molar-refractivity contribution in [2.24, 2.45) is 12.0 Å². The lowest BCUT2D eigenvalue weighted by Gasteiger charge is -2.23. The molecule has 1 N–H and O–H groups in total. The lowest BCUT2D eigenvalue weighted by atomic mass is 10.1. The van der Waals surface area contributed by atoms with E-state index in [1.165, 1.54) is 11.3 Å². The van der Waals surface area contributed by atoms with Gasteiger partial charge in [-0.1, -0.05) is 6.92 Å². The fourth-order valence-electron chi connectivity index (χ4n) is 2.34. The second-order valence-electron chi connectivity index (χ2n) is 5.50. The highest BCUT2D eigenvalue weighted by molar-refractivity contribution is 14.0. The zero-order valence-electron chi connectivity index (χ0n) is 13.9. The summed E-state index contributed by atoms with van der Waals surface area (Å²) in [7, 11) is 5.95. The molecule has 128 valence electrons. The van der Waals surface area contributed by atoms with Crippen LogP contribution in [0.1, 0.15) is 24.1 Å². The van der Waals surface area contributed by atoms with Crippen LogP contribution in [0.25, 0.3) is 0 Å². The number of thiophene rings is 1. The van der Waals surface area contributed by atoms with E-state index in [0.717, 1.165) is 23.5 Å². The molecular formula is C16H24BrIN4S. The van der Waals surface area contributed by atoms with E-state index in [1.807, 2.05) is 7.05 Å². The molecule has 2 heterocycles. The van der Waals surface area contributed by atoms with Gasteiger partial charge in [-0.25, -0.2) is 0 Å². The van der Waals surface area contributed by atoms with E-state index < -0.39 is 0 Å². The average molecular weight is 511 g/mol. The minimum atomic E-state index is 0. The van der Waals surface area contributed by atoms with E-state index in [9.17, 15) is 0 Å². The Labute approximate surface area is 168 Å². The summed E-state index contributed by atoms with van der Waals surface area (Å²) >= 11 is 5.26. The number of aromatic nitrogens is 1. The second kappa shape index (κ2) is 9.68. The van der Waals surface area contributed by atoms with Gasteiger partial charge in [-0.3, -0.25) is 4.99 Å². The number of nitrogens with zero attached hydrogens (tertiary/aromatic N) is 3. The Hall–Kier alpha value is -0.540. The van der Waals surface area contributed by atoms with Crippen molar-refractivity contribution < 1.29 is 0 Å². The normalized spacial score (nSPS) is 12.7. The molecule has 0 amide bonds. The highest BCUT2D eigenvalue weighted by atomic mass is 127. The predicted octanol–water partition coefficient (Wildman–Crippen LogP) is 4.28. The van der Waals surface area contributed by atoms with Crippen LogP contribution >= 0.6 is 51.2 Å². The van der Waals surface area contributed by atoms with Crippen LogP contribution in [0, 0.1) is 0 Å². The molecule has 23 heavy (non-hydrogen) atoms. The Morgan fingerprint density at radius 3 is 2.78 bits per heavy atom. The number of aliphatic imine (C=N–C) groups is 1. The SMILES string of the molecule is CN=C(NCC(C)c1ccsc1)N(C)Cc1cc(Br)cn1C.I. The first-order valence-corrected chi connectivity index (χ1v) is 8.99. The van der Waals surface area contributed by atoms with Gasteiger partial charge >= 0.3 is 0 Å². The Bertz CT molecular complexity index is 624. The van der Waals surface area contributed by atoms with Gasteiger partial charge in [0.25, 0.3) is 0 Å². The third-order valence-corrected chi connectivity index (χ3v) is 4.86. The summed E-state index contributed by atoms with van der Waals surface area (Å²) in [6.07, 6.45) is 2.07. The number of halogens is 2. The Morgan fingerprint density at radius 1 is 1.52 bits per heavy atom. The van der Waals surface area contributed by atoms with Gasteiger partial charge in [0.15, 0.2) is 5.96 Å². The quantitative estimate of drug-likeness (QED) is 0.370. The summed E-state index contributed by atoms with van der Waals surface area (Å²) < 4.78 is 3.23. The number of aryl methyl sites for hydroxylation is 1. The lowest BCUT2D eigenvalue weighted by Crippen LogP contribution is -2.40. The van der Waals surface area contributed by atoms with Gasteiger partial charge < -0.3 is 14.8 Å². The third kappa shape index (κ3) is 5.79. The number of guanidine groups is 1. The van der Waals surface area contributed by atoms with Crippen LogP contribution in [0.4, 0.5) is 0 Å².